The summed E-state index contributed by atoms with van der Waals surface area (Å²) in [6.45, 7) is 2.22. The molecule has 1 fully saturated rings. The maximum Gasteiger partial charge on any atom is 0.310 e. The highest BCUT2D eigenvalue weighted by molar-refractivity contribution is 5.76. The van der Waals surface area contributed by atoms with Crippen molar-refractivity contribution in [2.45, 2.75) is 32.1 Å². The number of ether oxygens (including phenoxy) is 1. The van der Waals surface area contributed by atoms with Gasteiger partial charge < -0.3 is 9.84 Å². The van der Waals surface area contributed by atoms with Gasteiger partial charge in [-0.3, -0.25) is 14.9 Å². The van der Waals surface area contributed by atoms with Crippen molar-refractivity contribution in [1.29, 1.82) is 0 Å². The molecule has 0 spiro atoms. The molecular formula is C14H17NO5. The fourth-order valence-corrected chi connectivity index (χ4v) is 2.06. The number of carboxylic acid groups (broad SMARTS) is 1. The van der Waals surface area contributed by atoms with E-state index in [4.69, 9.17) is 9.84 Å². The average Bonchev–Trinajstić information content (AvgIpc) is 3.20. The Morgan fingerprint density at radius 2 is 2.25 bits per heavy atom. The number of hydrogen-bond donors (Lipinski definition) is 1. The minimum absolute atomic E-state index is 0.116. The Kier molecular flexibility index (Phi) is 4.22. The number of nitro benzene ring substituents is 1. The number of rotatable bonds is 7. The Bertz CT molecular complexity index is 524. The van der Waals surface area contributed by atoms with Gasteiger partial charge in [0.05, 0.1) is 17.4 Å². The summed E-state index contributed by atoms with van der Waals surface area (Å²) in [5, 5.41) is 20.1. The van der Waals surface area contributed by atoms with Gasteiger partial charge in [-0.25, -0.2) is 0 Å². The van der Waals surface area contributed by atoms with E-state index in [0.29, 0.717) is 24.5 Å². The second-order valence-electron chi connectivity index (χ2n) is 5.04. The molecule has 1 unspecified atom stereocenters. The highest BCUT2D eigenvalue weighted by Gasteiger charge is 2.26. The first-order valence-electron chi connectivity index (χ1n) is 6.66. The number of carbonyl (C=O) groups is 1. The van der Waals surface area contributed by atoms with Crippen LogP contribution >= 0.6 is 0 Å². The second kappa shape index (κ2) is 5.90. The van der Waals surface area contributed by atoms with E-state index >= 15 is 0 Å². The van der Waals surface area contributed by atoms with E-state index in [0.717, 1.165) is 12.8 Å². The first-order valence-corrected chi connectivity index (χ1v) is 6.66. The summed E-state index contributed by atoms with van der Waals surface area (Å²) in [6.07, 6.45) is 2.59. The maximum absolute atomic E-state index is 11.2. The standard InChI is InChI=1S/C14H17NO5/c1-2-11(14(16)17)10-5-6-12(15(18)19)13(7-10)20-8-9-3-4-9/h5-7,9,11H,2-4,8H2,1H3,(H,16,17). The van der Waals surface area contributed by atoms with E-state index in [1.165, 1.54) is 18.2 Å². The van der Waals surface area contributed by atoms with E-state index < -0.39 is 16.8 Å². The van der Waals surface area contributed by atoms with Gasteiger partial charge in [0.2, 0.25) is 0 Å². The molecule has 108 valence electrons. The zero-order valence-corrected chi connectivity index (χ0v) is 11.2. The molecule has 1 saturated carbocycles. The van der Waals surface area contributed by atoms with Gasteiger partial charge in [0.25, 0.3) is 0 Å². The zero-order valence-electron chi connectivity index (χ0n) is 11.2. The molecule has 1 aliphatic carbocycles. The van der Waals surface area contributed by atoms with Crippen LogP contribution in [-0.4, -0.2) is 22.6 Å². The first kappa shape index (κ1) is 14.3. The topological polar surface area (TPSA) is 89.7 Å². The van der Waals surface area contributed by atoms with Crippen LogP contribution in [0.1, 0.15) is 37.7 Å². The number of nitro groups is 1. The normalized spacial score (nSPS) is 15.7. The van der Waals surface area contributed by atoms with E-state index in [-0.39, 0.29) is 11.4 Å². The number of carboxylic acids is 1. The number of nitrogens with zero attached hydrogens (tertiary/aromatic N) is 1. The van der Waals surface area contributed by atoms with E-state index in [2.05, 4.69) is 0 Å². The molecule has 0 saturated heterocycles. The minimum atomic E-state index is -0.936. The number of benzene rings is 1. The van der Waals surface area contributed by atoms with Gasteiger partial charge >= 0.3 is 11.7 Å². The van der Waals surface area contributed by atoms with Crippen LogP contribution in [0.4, 0.5) is 5.69 Å². The van der Waals surface area contributed by atoms with Gasteiger partial charge in [0.1, 0.15) is 0 Å². The van der Waals surface area contributed by atoms with E-state index in [1.807, 2.05) is 0 Å². The summed E-state index contributed by atoms with van der Waals surface area (Å²) in [6, 6.07) is 4.30. The van der Waals surface area contributed by atoms with Gasteiger partial charge in [-0.05, 0) is 36.8 Å². The molecule has 20 heavy (non-hydrogen) atoms. The Hall–Kier alpha value is -2.11. The lowest BCUT2D eigenvalue weighted by atomic mass is 9.96. The van der Waals surface area contributed by atoms with Crippen LogP contribution in [-0.2, 0) is 4.79 Å². The zero-order chi connectivity index (χ0) is 14.7. The van der Waals surface area contributed by atoms with Crippen molar-refractivity contribution in [2.24, 2.45) is 5.92 Å². The maximum atomic E-state index is 11.2. The fraction of sp³-hybridized carbons (Fsp3) is 0.500. The quantitative estimate of drug-likeness (QED) is 0.612. The van der Waals surface area contributed by atoms with Crippen LogP contribution in [0.15, 0.2) is 18.2 Å². The molecule has 1 aliphatic rings. The summed E-state index contributed by atoms with van der Waals surface area (Å²) in [5.74, 6) is -0.965. The molecule has 0 aromatic heterocycles. The van der Waals surface area contributed by atoms with Crippen molar-refractivity contribution >= 4 is 11.7 Å². The van der Waals surface area contributed by atoms with Gasteiger partial charge in [-0.15, -0.1) is 0 Å². The molecule has 6 heteroatoms. The average molecular weight is 279 g/mol. The second-order valence-corrected chi connectivity index (χ2v) is 5.04. The molecule has 6 nitrogen and oxygen atoms in total. The van der Waals surface area contributed by atoms with Crippen molar-refractivity contribution in [3.05, 3.63) is 33.9 Å². The number of aliphatic carboxylic acids is 1. The van der Waals surface area contributed by atoms with Crippen molar-refractivity contribution in [3.8, 4) is 5.75 Å². The summed E-state index contributed by atoms with van der Waals surface area (Å²) in [7, 11) is 0. The lowest BCUT2D eigenvalue weighted by Gasteiger charge is -2.12. The molecular weight excluding hydrogens is 262 g/mol. The van der Waals surface area contributed by atoms with E-state index in [1.54, 1.807) is 6.92 Å². The summed E-state index contributed by atoms with van der Waals surface area (Å²) in [5.41, 5.74) is 0.422. The summed E-state index contributed by atoms with van der Waals surface area (Å²) >= 11 is 0. The van der Waals surface area contributed by atoms with E-state index in [9.17, 15) is 14.9 Å². The Morgan fingerprint density at radius 3 is 2.75 bits per heavy atom. The predicted octanol–water partition coefficient (Wildman–Crippen LogP) is 2.96. The Labute approximate surface area is 116 Å². The molecule has 0 radical (unpaired) electrons. The first-order chi connectivity index (χ1) is 9.52. The van der Waals surface area contributed by atoms with Crippen LogP contribution in [0.25, 0.3) is 0 Å². The molecule has 1 atom stereocenters. The van der Waals surface area contributed by atoms with Crippen molar-refractivity contribution in [1.82, 2.24) is 0 Å². The van der Waals surface area contributed by atoms with Crippen LogP contribution in [0, 0.1) is 16.0 Å². The van der Waals surface area contributed by atoms with Gasteiger partial charge in [0, 0.05) is 6.07 Å². The summed E-state index contributed by atoms with van der Waals surface area (Å²) < 4.78 is 5.50. The minimum Gasteiger partial charge on any atom is -0.487 e. The highest BCUT2D eigenvalue weighted by Crippen LogP contribution is 2.35. The third-order valence-corrected chi connectivity index (χ3v) is 3.46. The van der Waals surface area contributed by atoms with Crippen molar-refractivity contribution < 1.29 is 19.6 Å². The molecule has 0 bridgehead atoms. The summed E-state index contributed by atoms with van der Waals surface area (Å²) in [4.78, 5) is 21.6. The smallest absolute Gasteiger partial charge is 0.310 e. The third-order valence-electron chi connectivity index (χ3n) is 3.46. The molecule has 1 N–H and O–H groups in total. The largest absolute Gasteiger partial charge is 0.487 e. The Balaban J connectivity index is 2.27. The van der Waals surface area contributed by atoms with Crippen LogP contribution < -0.4 is 4.74 Å². The molecule has 0 amide bonds. The molecule has 1 aromatic rings. The van der Waals surface area contributed by atoms with Crippen LogP contribution in [0.5, 0.6) is 5.75 Å². The van der Waals surface area contributed by atoms with Gasteiger partial charge in [0.15, 0.2) is 5.75 Å². The number of hydrogen-bond acceptors (Lipinski definition) is 4. The molecule has 0 aliphatic heterocycles. The SMILES string of the molecule is CCC(C(=O)O)c1ccc([N+](=O)[O-])c(OCC2CC2)c1. The molecule has 1 aromatic carbocycles. The van der Waals surface area contributed by atoms with Gasteiger partial charge in [-0.2, -0.15) is 0 Å². The van der Waals surface area contributed by atoms with Crippen molar-refractivity contribution in [3.63, 3.8) is 0 Å². The van der Waals surface area contributed by atoms with Crippen molar-refractivity contribution in [2.75, 3.05) is 6.61 Å². The van der Waals surface area contributed by atoms with Crippen LogP contribution in [0.3, 0.4) is 0 Å². The fourth-order valence-electron chi connectivity index (χ4n) is 2.06. The van der Waals surface area contributed by atoms with Crippen LogP contribution in [0.2, 0.25) is 0 Å². The predicted molar refractivity (Wildman–Crippen MR) is 72.0 cm³/mol. The third kappa shape index (κ3) is 3.26. The van der Waals surface area contributed by atoms with Gasteiger partial charge in [-0.1, -0.05) is 13.0 Å². The monoisotopic (exact) mass is 279 g/mol. The highest BCUT2D eigenvalue weighted by atomic mass is 16.6. The molecule has 2 rings (SSSR count). The molecule has 0 heterocycles. The lowest BCUT2D eigenvalue weighted by molar-refractivity contribution is -0.385. The lowest BCUT2D eigenvalue weighted by Crippen LogP contribution is -2.11. The Morgan fingerprint density at radius 1 is 1.55 bits per heavy atom.